The molecule has 2 aromatic carbocycles. The summed E-state index contributed by atoms with van der Waals surface area (Å²) in [5.74, 6) is -0.311. The van der Waals surface area contributed by atoms with Gasteiger partial charge in [-0.3, -0.25) is 0 Å². The summed E-state index contributed by atoms with van der Waals surface area (Å²) in [5.41, 5.74) is 1.42. The Bertz CT molecular complexity index is 963. The molecule has 4 rings (SSSR count). The molecule has 4 nitrogen and oxygen atoms in total. The first kappa shape index (κ1) is 15.8. The second kappa shape index (κ2) is 5.99. The quantitative estimate of drug-likeness (QED) is 0.660. The standard InChI is InChI=1S/C19H13ClFN3O/c20-17-4-2-1-3-16(17)18-19(25-18,13-5-7-14(21)8-6-13)11-24-12-23-10-15(24)9-22/h1-8,10,12,18H,11H2. The molecule has 1 saturated heterocycles. The zero-order chi connectivity index (χ0) is 17.4. The van der Waals surface area contributed by atoms with Crippen LogP contribution in [-0.2, 0) is 16.9 Å². The number of ether oxygens (including phenoxy) is 1. The summed E-state index contributed by atoms with van der Waals surface area (Å²) in [6.07, 6.45) is 2.82. The fourth-order valence-corrected chi connectivity index (χ4v) is 3.37. The number of rotatable bonds is 4. The SMILES string of the molecule is N#Cc1cncn1CC1(c2ccc(F)cc2)OC1c1ccccc1Cl. The van der Waals surface area contributed by atoms with Gasteiger partial charge in [-0.2, -0.15) is 5.26 Å². The molecule has 1 aromatic heterocycles. The van der Waals surface area contributed by atoms with Crippen LogP contribution in [0.2, 0.25) is 5.02 Å². The number of halogens is 2. The van der Waals surface area contributed by atoms with Crippen LogP contribution in [-0.4, -0.2) is 9.55 Å². The van der Waals surface area contributed by atoms with Crippen molar-refractivity contribution < 1.29 is 9.13 Å². The third kappa shape index (κ3) is 2.70. The van der Waals surface area contributed by atoms with Crippen molar-refractivity contribution in [3.05, 3.63) is 88.7 Å². The van der Waals surface area contributed by atoms with Crippen molar-refractivity contribution in [3.8, 4) is 6.07 Å². The van der Waals surface area contributed by atoms with Gasteiger partial charge in [0.15, 0.2) is 0 Å². The Balaban J connectivity index is 1.77. The van der Waals surface area contributed by atoms with Gasteiger partial charge in [-0.05, 0) is 23.8 Å². The van der Waals surface area contributed by atoms with Crippen molar-refractivity contribution in [2.45, 2.75) is 18.2 Å². The average Bonchev–Trinajstić information content (AvgIpc) is 3.16. The summed E-state index contributed by atoms with van der Waals surface area (Å²) in [6, 6.07) is 15.8. The average molecular weight is 354 g/mol. The summed E-state index contributed by atoms with van der Waals surface area (Å²) >= 11 is 6.33. The van der Waals surface area contributed by atoms with Crippen LogP contribution in [0.1, 0.15) is 22.9 Å². The number of hydrogen-bond acceptors (Lipinski definition) is 3. The van der Waals surface area contributed by atoms with Crippen molar-refractivity contribution in [2.75, 3.05) is 0 Å². The van der Waals surface area contributed by atoms with Gasteiger partial charge in [-0.25, -0.2) is 9.37 Å². The second-order valence-electron chi connectivity index (χ2n) is 5.93. The lowest BCUT2D eigenvalue weighted by molar-refractivity contribution is 0.269. The van der Waals surface area contributed by atoms with Crippen LogP contribution in [0.5, 0.6) is 0 Å². The lowest BCUT2D eigenvalue weighted by Crippen LogP contribution is -2.19. The largest absolute Gasteiger partial charge is 0.354 e. The van der Waals surface area contributed by atoms with Gasteiger partial charge in [0.2, 0.25) is 0 Å². The van der Waals surface area contributed by atoms with Crippen LogP contribution in [0, 0.1) is 17.1 Å². The highest BCUT2D eigenvalue weighted by Gasteiger charge is 2.59. The maximum absolute atomic E-state index is 13.4. The van der Waals surface area contributed by atoms with Crippen LogP contribution in [0.25, 0.3) is 0 Å². The fraction of sp³-hybridized carbons (Fsp3) is 0.158. The Morgan fingerprint density at radius 3 is 2.72 bits per heavy atom. The first-order valence-electron chi connectivity index (χ1n) is 7.72. The fourth-order valence-electron chi connectivity index (χ4n) is 3.13. The zero-order valence-corrected chi connectivity index (χ0v) is 13.8. The first-order chi connectivity index (χ1) is 12.1. The molecule has 2 heterocycles. The molecular formula is C19H13ClFN3O. The van der Waals surface area contributed by atoms with Gasteiger partial charge in [-0.1, -0.05) is 41.9 Å². The van der Waals surface area contributed by atoms with Gasteiger partial charge < -0.3 is 9.30 Å². The topological polar surface area (TPSA) is 54.1 Å². The number of epoxide rings is 1. The number of nitrogens with zero attached hydrogens (tertiary/aromatic N) is 3. The molecule has 1 aliphatic heterocycles. The molecule has 1 aliphatic rings. The molecule has 2 unspecified atom stereocenters. The van der Waals surface area contributed by atoms with Gasteiger partial charge in [0.1, 0.15) is 29.3 Å². The van der Waals surface area contributed by atoms with Crippen LogP contribution in [0.4, 0.5) is 4.39 Å². The van der Waals surface area contributed by atoms with E-state index in [9.17, 15) is 9.65 Å². The highest BCUT2D eigenvalue weighted by molar-refractivity contribution is 6.31. The summed E-state index contributed by atoms with van der Waals surface area (Å²) in [4.78, 5) is 4.03. The molecule has 0 aliphatic carbocycles. The van der Waals surface area contributed by atoms with E-state index in [1.165, 1.54) is 18.3 Å². The van der Waals surface area contributed by atoms with Crippen molar-refractivity contribution in [3.63, 3.8) is 0 Å². The maximum Gasteiger partial charge on any atom is 0.142 e. The number of benzene rings is 2. The molecule has 0 amide bonds. The Hall–Kier alpha value is -2.68. The Kier molecular flexibility index (Phi) is 3.79. The second-order valence-corrected chi connectivity index (χ2v) is 6.34. The number of hydrogen-bond donors (Lipinski definition) is 0. The minimum Gasteiger partial charge on any atom is -0.354 e. The van der Waals surface area contributed by atoms with Crippen LogP contribution < -0.4 is 0 Å². The number of nitriles is 1. The van der Waals surface area contributed by atoms with Crippen molar-refractivity contribution in [1.29, 1.82) is 5.26 Å². The van der Waals surface area contributed by atoms with Gasteiger partial charge in [0.05, 0.1) is 19.1 Å². The molecule has 0 radical (unpaired) electrons. The minimum atomic E-state index is -0.717. The van der Waals surface area contributed by atoms with Gasteiger partial charge >= 0.3 is 0 Å². The molecule has 124 valence electrons. The van der Waals surface area contributed by atoms with Crippen molar-refractivity contribution >= 4 is 11.6 Å². The number of imidazole rings is 1. The lowest BCUT2D eigenvalue weighted by Gasteiger charge is -2.16. The Morgan fingerprint density at radius 2 is 2.00 bits per heavy atom. The van der Waals surface area contributed by atoms with Crippen molar-refractivity contribution in [1.82, 2.24) is 9.55 Å². The minimum absolute atomic E-state index is 0.277. The molecule has 6 heteroatoms. The molecule has 0 spiro atoms. The summed E-state index contributed by atoms with van der Waals surface area (Å²) in [5, 5.41) is 9.85. The van der Waals surface area contributed by atoms with Crippen LogP contribution >= 0.6 is 11.6 Å². The van der Waals surface area contributed by atoms with Crippen molar-refractivity contribution in [2.24, 2.45) is 0 Å². The molecule has 1 fully saturated rings. The summed E-state index contributed by atoms with van der Waals surface area (Å²) in [6.45, 7) is 0.386. The highest BCUT2D eigenvalue weighted by Crippen LogP contribution is 2.59. The normalized spacial score (nSPS) is 21.7. The molecular weight excluding hydrogens is 341 g/mol. The lowest BCUT2D eigenvalue weighted by atomic mass is 9.91. The van der Waals surface area contributed by atoms with Gasteiger partial charge in [0, 0.05) is 10.6 Å². The van der Waals surface area contributed by atoms with Gasteiger partial charge in [-0.15, -0.1) is 0 Å². The van der Waals surface area contributed by atoms with E-state index in [-0.39, 0.29) is 11.9 Å². The van der Waals surface area contributed by atoms with E-state index < -0.39 is 5.60 Å². The van der Waals surface area contributed by atoms with E-state index in [2.05, 4.69) is 11.1 Å². The maximum atomic E-state index is 13.4. The predicted octanol–water partition coefficient (Wildman–Crippen LogP) is 4.21. The molecule has 0 N–H and O–H groups in total. The van der Waals surface area contributed by atoms with Gasteiger partial charge in [0.25, 0.3) is 0 Å². The number of aromatic nitrogens is 2. The molecule has 0 bridgehead atoms. The first-order valence-corrected chi connectivity index (χ1v) is 8.10. The molecule has 2 atom stereocenters. The molecule has 3 aromatic rings. The van der Waals surface area contributed by atoms with E-state index in [4.69, 9.17) is 16.3 Å². The summed E-state index contributed by atoms with van der Waals surface area (Å²) < 4.78 is 21.2. The Morgan fingerprint density at radius 1 is 1.24 bits per heavy atom. The predicted molar refractivity (Wildman–Crippen MR) is 90.3 cm³/mol. The third-order valence-corrected chi connectivity index (χ3v) is 4.79. The van der Waals surface area contributed by atoms with E-state index in [1.54, 1.807) is 23.0 Å². The van der Waals surface area contributed by atoms with Crippen LogP contribution in [0.3, 0.4) is 0 Å². The smallest absolute Gasteiger partial charge is 0.142 e. The van der Waals surface area contributed by atoms with Crippen LogP contribution in [0.15, 0.2) is 61.1 Å². The summed E-state index contributed by atoms with van der Waals surface area (Å²) in [7, 11) is 0. The van der Waals surface area contributed by atoms with E-state index in [1.807, 2.05) is 24.3 Å². The van der Waals surface area contributed by atoms with E-state index in [0.29, 0.717) is 17.3 Å². The Labute approximate surface area is 149 Å². The van der Waals surface area contributed by atoms with E-state index >= 15 is 0 Å². The zero-order valence-electron chi connectivity index (χ0n) is 13.1. The van der Waals surface area contributed by atoms with E-state index in [0.717, 1.165) is 11.1 Å². The monoisotopic (exact) mass is 353 g/mol. The molecule has 0 saturated carbocycles. The third-order valence-electron chi connectivity index (χ3n) is 4.45. The molecule has 25 heavy (non-hydrogen) atoms. The highest BCUT2D eigenvalue weighted by atomic mass is 35.5.